The number of hydrogen-bond donors (Lipinski definition) is 0. The second kappa shape index (κ2) is 19.4. The van der Waals surface area contributed by atoms with E-state index in [2.05, 4.69) is 21.0 Å². The fourth-order valence-corrected chi connectivity index (χ4v) is 7.66. The van der Waals surface area contributed by atoms with Crippen LogP contribution in [0.2, 0.25) is 0 Å². The molecule has 67 heavy (non-hydrogen) atoms. The van der Waals surface area contributed by atoms with Gasteiger partial charge in [-0.15, -0.1) is 0 Å². The van der Waals surface area contributed by atoms with Gasteiger partial charge in [0, 0.05) is 68.0 Å². The van der Waals surface area contributed by atoms with Gasteiger partial charge in [0.2, 0.25) is 0 Å². The molecular formula is C62H60N4O. The maximum absolute atomic E-state index is 10.5. The molecule has 0 aliphatic rings. The molecule has 0 radical (unpaired) electrons. The summed E-state index contributed by atoms with van der Waals surface area (Å²) < 4.78 is 159. The van der Waals surface area contributed by atoms with Gasteiger partial charge in [-0.05, 0) is 131 Å². The zero-order chi connectivity index (χ0) is 60.9. The van der Waals surface area contributed by atoms with Crippen LogP contribution in [0.1, 0.15) is 114 Å². The summed E-state index contributed by atoms with van der Waals surface area (Å²) in [6.07, 6.45) is -20.2. The third-order valence-corrected chi connectivity index (χ3v) is 10.6. The van der Waals surface area contributed by atoms with Crippen LogP contribution in [0.5, 0.6) is 0 Å². The van der Waals surface area contributed by atoms with Crippen molar-refractivity contribution < 1.29 is 26.3 Å². The highest BCUT2D eigenvalue weighted by Gasteiger charge is 2.22. The number of aryl methyl sites for hydroxylation is 6. The van der Waals surface area contributed by atoms with E-state index in [1.807, 2.05) is 12.1 Å². The van der Waals surface area contributed by atoms with Crippen LogP contribution in [-0.2, 0) is 51.0 Å². The highest BCUT2D eigenvalue weighted by Crippen LogP contribution is 2.39. The van der Waals surface area contributed by atoms with Crippen molar-refractivity contribution in [3.05, 3.63) is 208 Å². The minimum absolute atomic E-state index is 0.0160. The molecule has 0 saturated heterocycles. The average Bonchev–Trinajstić information content (AvgIpc) is 3.37. The van der Waals surface area contributed by atoms with Crippen molar-refractivity contribution >= 4 is 21.9 Å². The lowest BCUT2D eigenvalue weighted by molar-refractivity contribution is 0.409. The molecule has 0 aliphatic heterocycles. The van der Waals surface area contributed by atoms with Gasteiger partial charge >= 0.3 is 0 Å². The van der Waals surface area contributed by atoms with Gasteiger partial charge in [0.05, 0.1) is 22.6 Å². The van der Waals surface area contributed by atoms with Crippen LogP contribution in [0.3, 0.4) is 0 Å². The first kappa shape index (κ1) is 29.5. The summed E-state index contributed by atoms with van der Waals surface area (Å²) in [5, 5.41) is 11.5. The van der Waals surface area contributed by atoms with E-state index in [0.717, 1.165) is 36.8 Å². The van der Waals surface area contributed by atoms with E-state index < -0.39 is 84.1 Å². The minimum Gasteiger partial charge on any atom is -0.454 e. The molecule has 0 unspecified atom stereocenters. The number of para-hydroxylation sites is 1. The van der Waals surface area contributed by atoms with E-state index in [1.54, 1.807) is 120 Å². The van der Waals surface area contributed by atoms with Crippen molar-refractivity contribution in [3.63, 3.8) is 0 Å². The molecule has 4 heterocycles. The van der Waals surface area contributed by atoms with E-state index >= 15 is 0 Å². The monoisotopic (exact) mass is 893 g/mol. The molecule has 9 rings (SSSR count). The van der Waals surface area contributed by atoms with Crippen LogP contribution in [0.15, 0.2) is 163 Å². The highest BCUT2D eigenvalue weighted by atomic mass is 16.3. The Balaban J connectivity index is 1.22. The molecular weight excluding hydrogens is 817 g/mol. The Hall–Kier alpha value is -7.16. The SMILES string of the molecule is [2H]C([2H])(c1cc(-c2cccc3c2oc2c(C#N)c(C([2H])([2H])C(C)(C)C)ccc23)ncc1C([2H])([2H])C([2H])([2H])c1cc(C([2H])([2H])C([2H])([2H])c2ccc(-c3ccccc3)nc2)cc(C([2H])([2H])C([2H])([2H])c2ccc(-c3ccccc3)nc2)c1)C(C)(C)C. The maximum Gasteiger partial charge on any atom is 0.153 e. The molecule has 4 aromatic heterocycles. The van der Waals surface area contributed by atoms with Crippen LogP contribution < -0.4 is 0 Å². The molecule has 0 N–H and O–H groups in total. The zero-order valence-electron chi connectivity index (χ0n) is 54.2. The van der Waals surface area contributed by atoms with E-state index in [4.69, 9.17) is 7.16 Å². The third-order valence-electron chi connectivity index (χ3n) is 10.6. The molecule has 0 amide bonds. The number of nitrogens with zero attached hydrogens (tertiary/aromatic N) is 4. The predicted octanol–water partition coefficient (Wildman–Crippen LogP) is 15.2. The lowest BCUT2D eigenvalue weighted by Gasteiger charge is -2.21. The second-order valence-electron chi connectivity index (χ2n) is 18.3. The summed E-state index contributed by atoms with van der Waals surface area (Å²) in [6, 6.07) is 38.1. The van der Waals surface area contributed by atoms with Gasteiger partial charge in [-0.3, -0.25) is 15.0 Å². The highest BCUT2D eigenvalue weighted by molar-refractivity contribution is 6.10. The van der Waals surface area contributed by atoms with Crippen LogP contribution in [0, 0.1) is 22.2 Å². The summed E-state index contributed by atoms with van der Waals surface area (Å²) >= 11 is 0. The molecule has 5 heteroatoms. The molecule has 0 spiro atoms. The van der Waals surface area contributed by atoms with Crippen molar-refractivity contribution in [1.82, 2.24) is 15.0 Å². The van der Waals surface area contributed by atoms with Gasteiger partial charge < -0.3 is 4.42 Å². The smallest absolute Gasteiger partial charge is 0.153 e. The number of aromatic nitrogens is 3. The summed E-state index contributed by atoms with van der Waals surface area (Å²) in [4.78, 5) is 13.5. The van der Waals surface area contributed by atoms with Crippen LogP contribution in [0.4, 0.5) is 0 Å². The summed E-state index contributed by atoms with van der Waals surface area (Å²) in [6.45, 7) is 9.90. The molecule has 0 saturated carbocycles. The van der Waals surface area contributed by atoms with Gasteiger partial charge in [0.15, 0.2) is 5.58 Å². The normalized spacial score (nSPS) is 17.1. The standard InChI is InChI=1S/C62H60N4O/c1-61(2,3)36-49-28-29-53-52-18-13-19-54(59(52)67-60(53)55(49)38-63)58-35-51(37-62(4,5)6)50(41-66-58)27-24-46-33-44(22-20-42-25-30-56(64-39-42)47-14-9-7-10-15-47)32-45(34-46)23-21-43-26-31-57(65-40-43)48-16-11-8-12-17-48/h7-19,25-26,28-35,39-41H,20-24,27,36-37H2,1-6H3/i20D2,21D2,22D2,23D2,24D2,27D2,36D2,37D2. The molecule has 5 aromatic carbocycles. The Bertz CT molecular complexity index is 3830. The van der Waals surface area contributed by atoms with E-state index in [9.17, 15) is 24.5 Å². The fourth-order valence-electron chi connectivity index (χ4n) is 7.66. The first-order chi connectivity index (χ1) is 38.4. The fraction of sp³-hybridized carbons (Fsp3) is 0.258. The summed E-state index contributed by atoms with van der Waals surface area (Å²) in [5.41, 5.74) is -2.60. The molecule has 334 valence electrons. The minimum atomic E-state index is -3.39. The molecule has 9 aromatic rings. The third kappa shape index (κ3) is 10.9. The Morgan fingerprint density at radius 1 is 0.463 bits per heavy atom. The van der Waals surface area contributed by atoms with Gasteiger partial charge in [-0.1, -0.05) is 157 Å². The van der Waals surface area contributed by atoms with Gasteiger partial charge in [0.1, 0.15) is 11.7 Å². The van der Waals surface area contributed by atoms with Gasteiger partial charge in [0.25, 0.3) is 0 Å². The summed E-state index contributed by atoms with van der Waals surface area (Å²) in [5.74, 6) is 0. The molecule has 0 bridgehead atoms. The van der Waals surface area contributed by atoms with Gasteiger partial charge in [-0.25, -0.2) is 0 Å². The lowest BCUT2D eigenvalue weighted by Crippen LogP contribution is -2.12. The Labute approximate surface area is 419 Å². The van der Waals surface area contributed by atoms with E-state index in [-0.39, 0.29) is 50.2 Å². The Morgan fingerprint density at radius 3 is 1.49 bits per heavy atom. The zero-order valence-corrected chi connectivity index (χ0v) is 38.2. The number of pyridine rings is 3. The van der Waals surface area contributed by atoms with Crippen molar-refractivity contribution in [3.8, 4) is 39.8 Å². The van der Waals surface area contributed by atoms with Gasteiger partial charge in [-0.2, -0.15) is 5.26 Å². The van der Waals surface area contributed by atoms with Crippen LogP contribution in [-0.4, -0.2) is 15.0 Å². The lowest BCUT2D eigenvalue weighted by atomic mass is 9.85. The van der Waals surface area contributed by atoms with E-state index in [1.165, 1.54) is 30.3 Å². The molecule has 5 nitrogen and oxygen atoms in total. The maximum atomic E-state index is 10.5. The first-order valence-electron chi connectivity index (χ1n) is 30.1. The number of benzene rings is 5. The second-order valence-corrected chi connectivity index (χ2v) is 18.3. The molecule has 0 aliphatic carbocycles. The number of furan rings is 1. The van der Waals surface area contributed by atoms with Crippen molar-refractivity contribution in [1.29, 1.82) is 5.26 Å². The summed E-state index contributed by atoms with van der Waals surface area (Å²) in [7, 11) is 0. The van der Waals surface area contributed by atoms with Crippen molar-refractivity contribution in [2.45, 2.75) is 92.5 Å². The Kier molecular flexibility index (Phi) is 8.52. The largest absolute Gasteiger partial charge is 0.454 e. The molecule has 0 fully saturated rings. The number of fused-ring (bicyclic) bond motifs is 3. The molecule has 0 atom stereocenters. The number of hydrogen-bond acceptors (Lipinski definition) is 5. The number of rotatable bonds is 14. The average molecular weight is 893 g/mol. The first-order valence-corrected chi connectivity index (χ1v) is 22.1. The topological polar surface area (TPSA) is 75.6 Å². The quantitative estimate of drug-likeness (QED) is 0.109. The van der Waals surface area contributed by atoms with E-state index in [0.29, 0.717) is 33.3 Å². The van der Waals surface area contributed by atoms with Crippen molar-refractivity contribution in [2.75, 3.05) is 0 Å². The van der Waals surface area contributed by atoms with Crippen molar-refractivity contribution in [2.24, 2.45) is 10.8 Å². The number of nitriles is 1. The van der Waals surface area contributed by atoms with Crippen LogP contribution >= 0.6 is 0 Å². The Morgan fingerprint density at radius 2 is 0.970 bits per heavy atom. The predicted molar refractivity (Wildman–Crippen MR) is 276 cm³/mol. The van der Waals surface area contributed by atoms with Crippen LogP contribution in [0.25, 0.3) is 55.7 Å².